The molecular formula is C12H13ClF3N3O4S. The van der Waals surface area contributed by atoms with Crippen LogP contribution in [0.2, 0.25) is 5.02 Å². The van der Waals surface area contributed by atoms with Crippen molar-refractivity contribution in [2.45, 2.75) is 25.1 Å². The van der Waals surface area contributed by atoms with Gasteiger partial charge in [-0.2, -0.15) is 13.2 Å². The number of primary sulfonamides is 1. The average molecular weight is 388 g/mol. The number of halogens is 4. The molecule has 1 atom stereocenters. The Morgan fingerprint density at radius 3 is 2.54 bits per heavy atom. The zero-order valence-corrected chi connectivity index (χ0v) is 13.7. The minimum absolute atomic E-state index is 0.149. The van der Waals surface area contributed by atoms with E-state index in [1.54, 1.807) is 0 Å². The molecule has 2 N–H and O–H groups in total. The van der Waals surface area contributed by atoms with Gasteiger partial charge in [-0.15, -0.1) is 0 Å². The van der Waals surface area contributed by atoms with Crippen LogP contribution in [0.4, 0.5) is 24.5 Å². The van der Waals surface area contributed by atoms with E-state index < -0.39 is 49.2 Å². The lowest BCUT2D eigenvalue weighted by Crippen LogP contribution is -2.37. The minimum atomic E-state index is -4.84. The Balaban J connectivity index is 2.53. The maximum absolute atomic E-state index is 12.9. The summed E-state index contributed by atoms with van der Waals surface area (Å²) in [5.74, 6) is -0.456. The van der Waals surface area contributed by atoms with Crippen LogP contribution in [0.15, 0.2) is 12.1 Å². The number of benzene rings is 1. The third kappa shape index (κ3) is 4.08. The van der Waals surface area contributed by atoms with Crippen molar-refractivity contribution in [1.82, 2.24) is 0 Å². The molecule has 24 heavy (non-hydrogen) atoms. The van der Waals surface area contributed by atoms with Gasteiger partial charge in [-0.1, -0.05) is 11.6 Å². The van der Waals surface area contributed by atoms with Gasteiger partial charge in [0.25, 0.3) is 5.69 Å². The molecule has 0 aromatic heterocycles. The Morgan fingerprint density at radius 2 is 2.04 bits per heavy atom. The van der Waals surface area contributed by atoms with Gasteiger partial charge < -0.3 is 4.90 Å². The van der Waals surface area contributed by atoms with Crippen molar-refractivity contribution in [2.75, 3.05) is 17.2 Å². The summed E-state index contributed by atoms with van der Waals surface area (Å²) < 4.78 is 61.2. The lowest BCUT2D eigenvalue weighted by atomic mass is 10.1. The number of sulfonamides is 1. The van der Waals surface area contributed by atoms with Crippen molar-refractivity contribution in [3.8, 4) is 0 Å². The van der Waals surface area contributed by atoms with E-state index in [1.807, 2.05) is 0 Å². The fourth-order valence-electron chi connectivity index (χ4n) is 2.74. The number of hydrogen-bond donors (Lipinski definition) is 1. The van der Waals surface area contributed by atoms with E-state index in [2.05, 4.69) is 0 Å². The monoisotopic (exact) mass is 387 g/mol. The number of nitrogens with zero attached hydrogens (tertiary/aromatic N) is 2. The molecule has 1 aromatic rings. The average Bonchev–Trinajstić information content (AvgIpc) is 2.82. The van der Waals surface area contributed by atoms with E-state index in [-0.39, 0.29) is 12.2 Å². The van der Waals surface area contributed by atoms with E-state index in [0.717, 1.165) is 6.07 Å². The Hall–Kier alpha value is -1.59. The number of nitro benzene ring substituents is 1. The van der Waals surface area contributed by atoms with Gasteiger partial charge in [-0.3, -0.25) is 10.1 Å². The fraction of sp³-hybridized carbons (Fsp3) is 0.500. The van der Waals surface area contributed by atoms with Crippen LogP contribution in [0, 0.1) is 10.1 Å². The Labute approximate surface area is 140 Å². The van der Waals surface area contributed by atoms with E-state index in [4.69, 9.17) is 16.7 Å². The van der Waals surface area contributed by atoms with Gasteiger partial charge in [0, 0.05) is 18.7 Å². The first-order valence-corrected chi connectivity index (χ1v) is 8.82. The van der Waals surface area contributed by atoms with E-state index in [9.17, 15) is 31.7 Å². The first-order valence-electron chi connectivity index (χ1n) is 6.72. The highest BCUT2D eigenvalue weighted by Gasteiger charge is 2.38. The maximum Gasteiger partial charge on any atom is 0.418 e. The molecule has 1 aliphatic rings. The first kappa shape index (κ1) is 18.7. The third-order valence-corrected chi connectivity index (χ3v) is 4.84. The van der Waals surface area contributed by atoms with Crippen LogP contribution in [0.5, 0.6) is 0 Å². The second kappa shape index (κ2) is 6.37. The maximum atomic E-state index is 12.9. The van der Waals surface area contributed by atoms with Crippen molar-refractivity contribution in [3.05, 3.63) is 32.8 Å². The minimum Gasteiger partial charge on any atom is -0.362 e. The summed E-state index contributed by atoms with van der Waals surface area (Å²) in [5.41, 5.74) is -2.25. The molecule has 0 unspecified atom stereocenters. The first-order chi connectivity index (χ1) is 10.9. The number of anilines is 1. The van der Waals surface area contributed by atoms with Crippen molar-refractivity contribution >= 4 is 33.0 Å². The van der Waals surface area contributed by atoms with Crippen LogP contribution in [0.1, 0.15) is 18.4 Å². The Morgan fingerprint density at radius 1 is 1.42 bits per heavy atom. The van der Waals surface area contributed by atoms with Gasteiger partial charge in [0.1, 0.15) is 5.69 Å². The zero-order chi connectivity index (χ0) is 18.3. The summed E-state index contributed by atoms with van der Waals surface area (Å²) in [6.45, 7) is 0.253. The van der Waals surface area contributed by atoms with Crippen LogP contribution >= 0.6 is 11.6 Å². The highest BCUT2D eigenvalue weighted by molar-refractivity contribution is 7.89. The normalized spacial score (nSPS) is 18.9. The fourth-order valence-corrected chi connectivity index (χ4v) is 3.89. The predicted octanol–water partition coefficient (Wildman–Crippen LogP) is 2.52. The van der Waals surface area contributed by atoms with Crippen molar-refractivity contribution in [3.63, 3.8) is 0 Å². The van der Waals surface area contributed by atoms with Gasteiger partial charge in [-0.05, 0) is 18.9 Å². The molecule has 7 nitrogen and oxygen atoms in total. The summed E-state index contributed by atoms with van der Waals surface area (Å²) in [6.07, 6.45) is -3.92. The van der Waals surface area contributed by atoms with Gasteiger partial charge in [0.15, 0.2) is 0 Å². The number of nitro groups is 1. The molecular weight excluding hydrogens is 375 g/mol. The van der Waals surface area contributed by atoms with Crippen molar-refractivity contribution in [1.29, 1.82) is 0 Å². The molecule has 0 amide bonds. The molecule has 0 saturated carbocycles. The highest BCUT2D eigenvalue weighted by atomic mass is 35.5. The summed E-state index contributed by atoms with van der Waals surface area (Å²) in [6, 6.07) is 0.556. The van der Waals surface area contributed by atoms with Gasteiger partial charge in [-0.25, -0.2) is 13.6 Å². The Kier molecular flexibility index (Phi) is 4.98. The van der Waals surface area contributed by atoms with Crippen molar-refractivity contribution in [2.24, 2.45) is 5.14 Å². The predicted molar refractivity (Wildman–Crippen MR) is 81.5 cm³/mol. The summed E-state index contributed by atoms with van der Waals surface area (Å²) in [7, 11) is -3.85. The van der Waals surface area contributed by atoms with E-state index in [0.29, 0.717) is 18.9 Å². The van der Waals surface area contributed by atoms with Gasteiger partial charge >= 0.3 is 6.18 Å². The smallest absolute Gasteiger partial charge is 0.362 e. The Bertz CT molecular complexity index is 770. The molecule has 1 aromatic carbocycles. The largest absolute Gasteiger partial charge is 0.418 e. The molecule has 1 aliphatic heterocycles. The number of hydrogen-bond acceptors (Lipinski definition) is 5. The molecule has 1 heterocycles. The molecule has 1 saturated heterocycles. The van der Waals surface area contributed by atoms with Crippen LogP contribution in [0.3, 0.4) is 0 Å². The molecule has 0 bridgehead atoms. The molecule has 2 rings (SSSR count). The van der Waals surface area contributed by atoms with Crippen LogP contribution in [-0.2, 0) is 16.2 Å². The standard InChI is InChI=1S/C12H13ClF3N3O4S/c13-9-5-10(11(19(20)21)4-8(9)12(14,15)16)18-3-1-2-7(18)6-24(17,22)23/h4-5,7H,1-3,6H2,(H2,17,22,23)/t7-/m0/s1. The topological polar surface area (TPSA) is 107 Å². The van der Waals surface area contributed by atoms with Crippen molar-refractivity contribution < 1.29 is 26.5 Å². The lowest BCUT2D eigenvalue weighted by molar-refractivity contribution is -0.384. The second-order valence-electron chi connectivity index (χ2n) is 5.39. The quantitative estimate of drug-likeness (QED) is 0.631. The number of nitrogens with two attached hydrogens (primary N) is 1. The molecule has 0 radical (unpaired) electrons. The van der Waals surface area contributed by atoms with Crippen LogP contribution in [0.25, 0.3) is 0 Å². The lowest BCUT2D eigenvalue weighted by Gasteiger charge is -2.26. The summed E-state index contributed by atoms with van der Waals surface area (Å²) >= 11 is 5.64. The van der Waals surface area contributed by atoms with Gasteiger partial charge in [0.05, 0.1) is 21.3 Å². The third-order valence-electron chi connectivity index (χ3n) is 3.68. The summed E-state index contributed by atoms with van der Waals surface area (Å²) in [4.78, 5) is 11.6. The van der Waals surface area contributed by atoms with Crippen LogP contribution in [-0.4, -0.2) is 31.7 Å². The van der Waals surface area contributed by atoms with Crippen LogP contribution < -0.4 is 10.0 Å². The van der Waals surface area contributed by atoms with E-state index in [1.165, 1.54) is 4.90 Å². The van der Waals surface area contributed by atoms with E-state index >= 15 is 0 Å². The zero-order valence-electron chi connectivity index (χ0n) is 12.1. The van der Waals surface area contributed by atoms with Gasteiger partial charge in [0.2, 0.25) is 10.0 Å². The summed E-state index contributed by atoms with van der Waals surface area (Å²) in [5, 5.41) is 15.5. The molecule has 12 heteroatoms. The molecule has 0 aliphatic carbocycles. The second-order valence-corrected chi connectivity index (χ2v) is 7.46. The molecule has 134 valence electrons. The highest BCUT2D eigenvalue weighted by Crippen LogP contribution is 2.43. The SMILES string of the molecule is NS(=O)(=O)C[C@@H]1CCCN1c1cc(Cl)c(C(F)(F)F)cc1[N+](=O)[O-]. The molecule has 0 spiro atoms. The number of rotatable bonds is 4. The molecule has 1 fully saturated rings. The number of alkyl halides is 3.